The normalized spacial score (nSPS) is 19.5. The molecule has 1 unspecified atom stereocenters. The molecule has 0 N–H and O–H groups in total. The molecule has 0 saturated carbocycles. The number of benzene rings is 1. The number of hydrogen-bond donors (Lipinski definition) is 0. The minimum absolute atomic E-state index is 0.00447. The summed E-state index contributed by atoms with van der Waals surface area (Å²) in [5.41, 5.74) is 1.23. The smallest absolute Gasteiger partial charge is 0.269 e. The lowest BCUT2D eigenvalue weighted by Crippen LogP contribution is -2.15. The van der Waals surface area contributed by atoms with E-state index < -0.39 is 11.0 Å². The van der Waals surface area contributed by atoms with Gasteiger partial charge >= 0.3 is 0 Å². The van der Waals surface area contributed by atoms with E-state index in [1.165, 1.54) is 18.4 Å². The Hall–Kier alpha value is -2.17. The van der Waals surface area contributed by atoms with E-state index in [1.807, 2.05) is 0 Å². The number of carbonyl (C=O) groups is 1. The van der Waals surface area contributed by atoms with E-state index in [0.29, 0.717) is 11.1 Å². The minimum atomic E-state index is -0.463. The number of ketones is 1. The van der Waals surface area contributed by atoms with Gasteiger partial charge in [-0.05, 0) is 12.5 Å². The predicted molar refractivity (Wildman–Crippen MR) is 60.3 cm³/mol. The molecule has 1 heterocycles. The van der Waals surface area contributed by atoms with E-state index in [1.54, 1.807) is 19.1 Å². The second-order valence-corrected chi connectivity index (χ2v) is 3.90. The van der Waals surface area contributed by atoms with Gasteiger partial charge in [0, 0.05) is 17.7 Å². The van der Waals surface area contributed by atoms with Gasteiger partial charge in [0.25, 0.3) is 5.69 Å². The molecule has 1 aromatic rings. The van der Waals surface area contributed by atoms with E-state index in [9.17, 15) is 14.9 Å². The van der Waals surface area contributed by atoms with Gasteiger partial charge in [-0.15, -0.1) is 0 Å². The Morgan fingerprint density at radius 3 is 2.88 bits per heavy atom. The van der Waals surface area contributed by atoms with Gasteiger partial charge in [0.2, 0.25) is 0 Å². The van der Waals surface area contributed by atoms with Crippen LogP contribution in [0.5, 0.6) is 0 Å². The van der Waals surface area contributed by atoms with Crippen molar-refractivity contribution >= 4 is 11.5 Å². The van der Waals surface area contributed by atoms with Crippen molar-refractivity contribution in [3.63, 3.8) is 0 Å². The summed E-state index contributed by atoms with van der Waals surface area (Å²) in [7, 11) is 0. The maximum Gasteiger partial charge on any atom is 0.269 e. The highest BCUT2D eigenvalue weighted by Gasteiger charge is 2.23. The van der Waals surface area contributed by atoms with Gasteiger partial charge in [-0.1, -0.05) is 12.1 Å². The van der Waals surface area contributed by atoms with Crippen LogP contribution in [-0.4, -0.2) is 10.7 Å². The summed E-state index contributed by atoms with van der Waals surface area (Å²) in [6.45, 7) is 1.69. The molecule has 1 aliphatic heterocycles. The summed E-state index contributed by atoms with van der Waals surface area (Å²) in [6, 6.07) is 6.16. The van der Waals surface area contributed by atoms with Crippen molar-refractivity contribution in [1.82, 2.24) is 0 Å². The molecule has 0 amide bonds. The first-order valence-corrected chi connectivity index (χ1v) is 5.17. The van der Waals surface area contributed by atoms with E-state index in [4.69, 9.17) is 4.74 Å². The highest BCUT2D eigenvalue weighted by atomic mass is 16.6. The molecule has 5 heteroatoms. The van der Waals surface area contributed by atoms with Crippen LogP contribution in [0.4, 0.5) is 5.69 Å². The van der Waals surface area contributed by atoms with Crippen LogP contribution in [0.2, 0.25) is 0 Å². The van der Waals surface area contributed by atoms with Crippen LogP contribution in [0.3, 0.4) is 0 Å². The fourth-order valence-corrected chi connectivity index (χ4v) is 1.66. The summed E-state index contributed by atoms with van der Waals surface area (Å²) >= 11 is 0. The zero-order valence-corrected chi connectivity index (χ0v) is 9.25. The Kier molecular flexibility index (Phi) is 2.91. The summed E-state index contributed by atoms with van der Waals surface area (Å²) in [4.78, 5) is 21.7. The third kappa shape index (κ3) is 2.33. The van der Waals surface area contributed by atoms with Gasteiger partial charge in [0.15, 0.2) is 5.78 Å². The van der Waals surface area contributed by atoms with E-state index in [0.717, 1.165) is 0 Å². The van der Waals surface area contributed by atoms with Crippen molar-refractivity contribution < 1.29 is 14.5 Å². The van der Waals surface area contributed by atoms with Gasteiger partial charge < -0.3 is 4.74 Å². The van der Waals surface area contributed by atoms with Crippen molar-refractivity contribution in [2.24, 2.45) is 0 Å². The predicted octanol–water partition coefficient (Wildman–Crippen LogP) is 2.53. The van der Waals surface area contributed by atoms with Crippen molar-refractivity contribution in [1.29, 1.82) is 0 Å². The molecule has 0 aliphatic carbocycles. The van der Waals surface area contributed by atoms with E-state index >= 15 is 0 Å². The van der Waals surface area contributed by atoms with Crippen LogP contribution in [0.1, 0.15) is 25.0 Å². The highest BCUT2D eigenvalue weighted by molar-refractivity contribution is 5.95. The molecule has 0 radical (unpaired) electrons. The molecule has 2 rings (SSSR count). The van der Waals surface area contributed by atoms with Crippen molar-refractivity contribution in [3.05, 3.63) is 51.8 Å². The average molecular weight is 233 g/mol. The Bertz CT molecular complexity index is 507. The number of carbonyl (C=O) groups excluding carboxylic acids is 1. The molecule has 0 bridgehead atoms. The first-order valence-electron chi connectivity index (χ1n) is 5.17. The number of rotatable bonds is 2. The lowest BCUT2D eigenvalue weighted by molar-refractivity contribution is -0.385. The second kappa shape index (κ2) is 4.37. The summed E-state index contributed by atoms with van der Waals surface area (Å²) in [5, 5.41) is 10.6. The molecular weight excluding hydrogens is 222 g/mol. The molecule has 88 valence electrons. The molecule has 0 saturated heterocycles. The highest BCUT2D eigenvalue weighted by Crippen LogP contribution is 2.29. The van der Waals surface area contributed by atoms with Gasteiger partial charge in [0.1, 0.15) is 6.10 Å². The number of nitrogens with zero attached hydrogens (tertiary/aromatic N) is 1. The van der Waals surface area contributed by atoms with Crippen LogP contribution in [-0.2, 0) is 9.53 Å². The lowest BCUT2D eigenvalue weighted by Gasteiger charge is -2.21. The largest absolute Gasteiger partial charge is 0.492 e. The van der Waals surface area contributed by atoms with Crippen LogP contribution >= 0.6 is 0 Å². The quantitative estimate of drug-likeness (QED) is 0.581. The number of non-ortho nitro benzene ring substituents is 1. The number of ether oxygens (including phenoxy) is 1. The van der Waals surface area contributed by atoms with E-state index in [-0.39, 0.29) is 17.9 Å². The van der Waals surface area contributed by atoms with Crippen LogP contribution < -0.4 is 0 Å². The maximum atomic E-state index is 11.5. The number of hydrogen-bond acceptors (Lipinski definition) is 4. The van der Waals surface area contributed by atoms with Crippen LogP contribution in [0, 0.1) is 10.1 Å². The number of Topliss-reactive ketones (excluding diaryl/α,β-unsaturated/α-hetero) is 1. The fraction of sp³-hybridized carbons (Fsp3) is 0.250. The number of nitro groups is 1. The summed E-state index contributed by atoms with van der Waals surface area (Å²) in [5.74, 6) is 0.00718. The van der Waals surface area contributed by atoms with Crippen molar-refractivity contribution in [3.8, 4) is 0 Å². The standard InChI is InChI=1S/C12H11NO4/c1-8-7-17-12(6-11(8)14)9-3-2-4-10(5-9)13(15)16/h2-5,7,12H,6H2,1H3. The fourth-order valence-electron chi connectivity index (χ4n) is 1.66. The topological polar surface area (TPSA) is 69.4 Å². The molecule has 1 atom stereocenters. The van der Waals surface area contributed by atoms with Crippen LogP contribution in [0.15, 0.2) is 36.1 Å². The van der Waals surface area contributed by atoms with Crippen LogP contribution in [0.25, 0.3) is 0 Å². The number of allylic oxidation sites excluding steroid dienone is 1. The first-order chi connectivity index (χ1) is 8.08. The third-order valence-electron chi connectivity index (χ3n) is 2.67. The number of nitro benzene ring substituents is 1. The van der Waals surface area contributed by atoms with Gasteiger partial charge in [-0.25, -0.2) is 0 Å². The van der Waals surface area contributed by atoms with Gasteiger partial charge in [-0.3, -0.25) is 14.9 Å². The maximum absolute atomic E-state index is 11.5. The average Bonchev–Trinajstić information content (AvgIpc) is 2.33. The molecule has 0 fully saturated rings. The Morgan fingerprint density at radius 2 is 2.24 bits per heavy atom. The lowest BCUT2D eigenvalue weighted by atomic mass is 9.99. The Morgan fingerprint density at radius 1 is 1.47 bits per heavy atom. The second-order valence-electron chi connectivity index (χ2n) is 3.90. The van der Waals surface area contributed by atoms with Gasteiger partial charge in [-0.2, -0.15) is 0 Å². The first kappa shape index (κ1) is 11.3. The molecule has 1 aromatic carbocycles. The molecule has 0 aromatic heterocycles. The molecule has 0 spiro atoms. The zero-order chi connectivity index (χ0) is 12.4. The SMILES string of the molecule is CC1=COC(c2cccc([N+](=O)[O-])c2)CC1=O. The molecule has 1 aliphatic rings. The third-order valence-corrected chi connectivity index (χ3v) is 2.67. The van der Waals surface area contributed by atoms with Crippen molar-refractivity contribution in [2.45, 2.75) is 19.4 Å². The van der Waals surface area contributed by atoms with Gasteiger partial charge in [0.05, 0.1) is 17.6 Å². The van der Waals surface area contributed by atoms with Crippen molar-refractivity contribution in [2.75, 3.05) is 0 Å². The summed E-state index contributed by atoms with van der Waals surface area (Å²) < 4.78 is 5.38. The molecular formula is C12H11NO4. The summed E-state index contributed by atoms with van der Waals surface area (Å²) in [6.07, 6.45) is 1.21. The minimum Gasteiger partial charge on any atom is -0.492 e. The van der Waals surface area contributed by atoms with E-state index in [2.05, 4.69) is 0 Å². The monoisotopic (exact) mass is 233 g/mol. The Labute approximate surface area is 97.9 Å². The molecule has 17 heavy (non-hydrogen) atoms. The Balaban J connectivity index is 2.27. The molecule has 5 nitrogen and oxygen atoms in total. The zero-order valence-electron chi connectivity index (χ0n) is 9.25.